The number of thioether (sulfide) groups is 1. The number of aliphatic imine (C=N–C) groups is 1. The Labute approximate surface area is 158 Å². The molecule has 27 heavy (non-hydrogen) atoms. The Kier molecular flexibility index (Phi) is 5.41. The number of nitrogens with zero attached hydrogens (tertiary/aromatic N) is 2. The smallest absolute Gasteiger partial charge is 0.433 e. The monoisotopic (exact) mass is 386 g/mol. The standard InChI is InChI=1S/C18H14N2O6S/c1-2-25-18(22)15-16(21)13(10-12-8-9-14(26-12)20(23)24)27-17(15)19-11-6-4-3-5-7-11/h3-10,21H,2H2,1H3. The van der Waals surface area contributed by atoms with E-state index >= 15 is 0 Å². The lowest BCUT2D eigenvalue weighted by atomic mass is 10.2. The Hall–Kier alpha value is -3.33. The van der Waals surface area contributed by atoms with E-state index in [9.17, 15) is 20.0 Å². The minimum absolute atomic E-state index is 0.0574. The molecule has 0 spiro atoms. The van der Waals surface area contributed by atoms with Crippen LogP contribution in [0.3, 0.4) is 0 Å². The van der Waals surface area contributed by atoms with Gasteiger partial charge in [0.15, 0.2) is 0 Å². The zero-order chi connectivity index (χ0) is 19.4. The van der Waals surface area contributed by atoms with Crippen LogP contribution in [0.25, 0.3) is 6.08 Å². The van der Waals surface area contributed by atoms with E-state index in [1.165, 1.54) is 18.2 Å². The SMILES string of the molecule is CCOC(=O)C1=C(O)C(=Cc2ccc([N+](=O)[O-])o2)SC1=Nc1ccccc1. The molecule has 1 N–H and O–H groups in total. The number of benzene rings is 1. The number of aliphatic hydroxyl groups excluding tert-OH is 1. The first-order chi connectivity index (χ1) is 13.0. The van der Waals surface area contributed by atoms with Gasteiger partial charge in [-0.15, -0.1) is 0 Å². The van der Waals surface area contributed by atoms with Gasteiger partial charge in [0.25, 0.3) is 0 Å². The molecule has 2 heterocycles. The first-order valence-electron chi connectivity index (χ1n) is 7.88. The fourth-order valence-corrected chi connectivity index (χ4v) is 3.27. The van der Waals surface area contributed by atoms with Gasteiger partial charge in [-0.1, -0.05) is 30.0 Å². The number of furan rings is 1. The number of rotatable bonds is 5. The van der Waals surface area contributed by atoms with Crippen LogP contribution in [0.4, 0.5) is 11.6 Å². The number of para-hydroxylation sites is 1. The number of carbonyl (C=O) groups excluding carboxylic acids is 1. The van der Waals surface area contributed by atoms with Crippen molar-refractivity contribution in [1.29, 1.82) is 0 Å². The van der Waals surface area contributed by atoms with Crippen LogP contribution in [0.1, 0.15) is 12.7 Å². The lowest BCUT2D eigenvalue weighted by Gasteiger charge is -2.03. The fourth-order valence-electron chi connectivity index (χ4n) is 2.26. The summed E-state index contributed by atoms with van der Waals surface area (Å²) in [5.41, 5.74) is 0.544. The highest BCUT2D eigenvalue weighted by atomic mass is 32.2. The summed E-state index contributed by atoms with van der Waals surface area (Å²) < 4.78 is 10.1. The van der Waals surface area contributed by atoms with Crippen molar-refractivity contribution < 1.29 is 24.0 Å². The molecule has 138 valence electrons. The summed E-state index contributed by atoms with van der Waals surface area (Å²) in [6.45, 7) is 1.80. The van der Waals surface area contributed by atoms with Crippen LogP contribution < -0.4 is 0 Å². The molecule has 0 atom stereocenters. The van der Waals surface area contributed by atoms with Gasteiger partial charge in [-0.05, 0) is 31.2 Å². The van der Waals surface area contributed by atoms with Crippen LogP contribution >= 0.6 is 11.8 Å². The van der Waals surface area contributed by atoms with Crippen molar-refractivity contribution in [2.24, 2.45) is 4.99 Å². The minimum atomic E-state index is -0.703. The third-order valence-electron chi connectivity index (χ3n) is 3.42. The minimum Gasteiger partial charge on any atom is -0.506 e. The maximum absolute atomic E-state index is 12.3. The van der Waals surface area contributed by atoms with Crippen LogP contribution in [0.2, 0.25) is 0 Å². The summed E-state index contributed by atoms with van der Waals surface area (Å²) in [6, 6.07) is 11.5. The molecular formula is C18H14N2O6S. The predicted molar refractivity (Wildman–Crippen MR) is 101 cm³/mol. The highest BCUT2D eigenvalue weighted by Gasteiger charge is 2.33. The number of esters is 1. The van der Waals surface area contributed by atoms with Gasteiger partial charge in [-0.3, -0.25) is 10.1 Å². The molecule has 0 aliphatic carbocycles. The molecule has 3 rings (SSSR count). The molecule has 2 aromatic rings. The van der Waals surface area contributed by atoms with Gasteiger partial charge in [0, 0.05) is 0 Å². The Morgan fingerprint density at radius 2 is 2.07 bits per heavy atom. The van der Waals surface area contributed by atoms with Gasteiger partial charge < -0.3 is 14.3 Å². The van der Waals surface area contributed by atoms with Gasteiger partial charge in [-0.25, -0.2) is 9.79 Å². The molecule has 0 saturated heterocycles. The van der Waals surface area contributed by atoms with Crippen LogP contribution in [-0.2, 0) is 9.53 Å². The highest BCUT2D eigenvalue weighted by Crippen LogP contribution is 2.40. The summed E-state index contributed by atoms with van der Waals surface area (Å²) in [5.74, 6) is -1.27. The Bertz CT molecular complexity index is 975. The van der Waals surface area contributed by atoms with Gasteiger partial charge in [0.1, 0.15) is 27.1 Å². The molecule has 8 nitrogen and oxygen atoms in total. The molecule has 1 aromatic carbocycles. The molecule has 1 aliphatic heterocycles. The molecule has 0 unspecified atom stereocenters. The lowest BCUT2D eigenvalue weighted by molar-refractivity contribution is -0.402. The van der Waals surface area contributed by atoms with E-state index in [-0.39, 0.29) is 33.6 Å². The van der Waals surface area contributed by atoms with E-state index in [1.54, 1.807) is 31.2 Å². The quantitative estimate of drug-likeness (QED) is 0.460. The van der Waals surface area contributed by atoms with Gasteiger partial charge in [0.2, 0.25) is 0 Å². The molecule has 0 amide bonds. The van der Waals surface area contributed by atoms with Gasteiger partial charge in [-0.2, -0.15) is 0 Å². The Morgan fingerprint density at radius 3 is 2.70 bits per heavy atom. The van der Waals surface area contributed by atoms with E-state index in [0.717, 1.165) is 11.8 Å². The number of hydrogen-bond acceptors (Lipinski definition) is 8. The molecule has 0 bridgehead atoms. The molecule has 1 aromatic heterocycles. The van der Waals surface area contributed by atoms with Crippen molar-refractivity contribution >= 4 is 40.4 Å². The summed E-state index contributed by atoms with van der Waals surface area (Å²) in [5, 5.41) is 21.5. The summed E-state index contributed by atoms with van der Waals surface area (Å²) >= 11 is 1.04. The second kappa shape index (κ2) is 7.92. The predicted octanol–water partition coefficient (Wildman–Crippen LogP) is 4.38. The van der Waals surface area contributed by atoms with E-state index in [1.807, 2.05) is 6.07 Å². The molecular weight excluding hydrogens is 372 g/mol. The maximum Gasteiger partial charge on any atom is 0.433 e. The zero-order valence-electron chi connectivity index (χ0n) is 14.1. The summed E-state index contributed by atoms with van der Waals surface area (Å²) in [6.07, 6.45) is 1.40. The van der Waals surface area contributed by atoms with Crippen molar-refractivity contribution in [2.45, 2.75) is 6.92 Å². The van der Waals surface area contributed by atoms with Gasteiger partial charge >= 0.3 is 11.9 Å². The van der Waals surface area contributed by atoms with Crippen molar-refractivity contribution in [3.8, 4) is 0 Å². The number of nitro groups is 1. The average molecular weight is 386 g/mol. The van der Waals surface area contributed by atoms with Crippen molar-refractivity contribution in [3.05, 3.63) is 74.6 Å². The summed E-state index contributed by atoms with van der Waals surface area (Å²) in [7, 11) is 0. The van der Waals surface area contributed by atoms with Gasteiger partial charge in [0.05, 0.1) is 23.3 Å². The van der Waals surface area contributed by atoms with Crippen molar-refractivity contribution in [1.82, 2.24) is 0 Å². The lowest BCUT2D eigenvalue weighted by Crippen LogP contribution is -2.12. The number of ether oxygens (including phenoxy) is 1. The highest BCUT2D eigenvalue weighted by molar-refractivity contribution is 8.18. The third kappa shape index (κ3) is 4.09. The summed E-state index contributed by atoms with van der Waals surface area (Å²) in [4.78, 5) is 27.0. The van der Waals surface area contributed by atoms with E-state index < -0.39 is 16.8 Å². The van der Waals surface area contributed by atoms with Crippen LogP contribution in [-0.4, -0.2) is 27.6 Å². The van der Waals surface area contributed by atoms with Crippen molar-refractivity contribution in [2.75, 3.05) is 6.61 Å². The molecule has 0 fully saturated rings. The number of aliphatic hydroxyl groups is 1. The third-order valence-corrected chi connectivity index (χ3v) is 4.44. The Balaban J connectivity index is 2.01. The van der Waals surface area contributed by atoms with Crippen LogP contribution in [0.15, 0.2) is 68.1 Å². The first-order valence-corrected chi connectivity index (χ1v) is 8.70. The average Bonchev–Trinajstić information content (AvgIpc) is 3.22. The van der Waals surface area contributed by atoms with Crippen LogP contribution in [0.5, 0.6) is 0 Å². The fraction of sp³-hybridized carbons (Fsp3) is 0.111. The van der Waals surface area contributed by atoms with Crippen molar-refractivity contribution in [3.63, 3.8) is 0 Å². The molecule has 0 radical (unpaired) electrons. The number of hydrogen-bond donors (Lipinski definition) is 1. The zero-order valence-corrected chi connectivity index (χ0v) is 14.9. The topological polar surface area (TPSA) is 115 Å². The largest absolute Gasteiger partial charge is 0.506 e. The second-order valence-corrected chi connectivity index (χ2v) is 6.27. The second-order valence-electron chi connectivity index (χ2n) is 5.24. The van der Waals surface area contributed by atoms with E-state index in [0.29, 0.717) is 5.69 Å². The van der Waals surface area contributed by atoms with E-state index in [2.05, 4.69) is 4.99 Å². The molecule has 9 heteroatoms. The maximum atomic E-state index is 12.3. The number of carbonyl (C=O) groups is 1. The molecule has 0 saturated carbocycles. The molecule has 1 aliphatic rings. The van der Waals surface area contributed by atoms with E-state index in [4.69, 9.17) is 9.15 Å². The first kappa shape index (κ1) is 18.5. The normalized spacial score (nSPS) is 16.9. The Morgan fingerprint density at radius 1 is 1.33 bits per heavy atom. The van der Waals surface area contributed by atoms with Crippen LogP contribution in [0, 0.1) is 10.1 Å².